The van der Waals surface area contributed by atoms with E-state index in [1.165, 1.54) is 17.4 Å². The number of nitrogens with zero attached hydrogens (tertiary/aromatic N) is 1. The second-order valence-corrected chi connectivity index (χ2v) is 6.21. The summed E-state index contributed by atoms with van der Waals surface area (Å²) in [6.07, 6.45) is 1.70. The molecule has 0 saturated heterocycles. The van der Waals surface area contributed by atoms with E-state index in [0.29, 0.717) is 0 Å². The number of carboxylic acids is 1. The van der Waals surface area contributed by atoms with Gasteiger partial charge in [-0.25, -0.2) is 4.98 Å². The van der Waals surface area contributed by atoms with Gasteiger partial charge in [-0.2, -0.15) is 0 Å². The topological polar surface area (TPSA) is 53.0 Å². The highest BCUT2D eigenvalue weighted by Gasteiger charge is 2.07. The first-order chi connectivity index (χ1) is 10.2. The third kappa shape index (κ3) is 3.19. The van der Waals surface area contributed by atoms with Gasteiger partial charge in [0.25, 0.3) is 0 Å². The van der Waals surface area contributed by atoms with Gasteiger partial charge in [-0.1, -0.05) is 24.1 Å². The average molecular weight is 310 g/mol. The van der Waals surface area contributed by atoms with Crippen LogP contribution in [0.2, 0.25) is 0 Å². The molecule has 0 fully saturated rings. The number of hydrogen-bond acceptors (Lipinski definition) is 5. The van der Waals surface area contributed by atoms with Crippen molar-refractivity contribution >= 4 is 28.6 Å². The second-order valence-electron chi connectivity index (χ2n) is 4.10. The second kappa shape index (κ2) is 5.92. The molecule has 0 aliphatic heterocycles. The molecule has 0 radical (unpaired) electrons. The minimum atomic E-state index is -1.16. The van der Waals surface area contributed by atoms with Crippen LogP contribution in [-0.4, -0.2) is 11.0 Å². The Morgan fingerprint density at radius 3 is 2.57 bits per heavy atom. The Morgan fingerprint density at radius 1 is 1.05 bits per heavy atom. The highest BCUT2D eigenvalue weighted by molar-refractivity contribution is 7.22. The molecule has 5 heteroatoms. The zero-order chi connectivity index (χ0) is 14.7. The van der Waals surface area contributed by atoms with Crippen LogP contribution in [0.5, 0.6) is 0 Å². The van der Waals surface area contributed by atoms with Crippen molar-refractivity contribution in [3.05, 3.63) is 64.0 Å². The van der Waals surface area contributed by atoms with Crippen LogP contribution in [0.3, 0.4) is 0 Å². The van der Waals surface area contributed by atoms with Gasteiger partial charge in [0, 0.05) is 5.56 Å². The predicted octanol–water partition coefficient (Wildman–Crippen LogP) is 2.63. The minimum absolute atomic E-state index is 0.206. The fraction of sp³-hybridized carbons (Fsp3) is 0. The number of aromatic carboxylic acids is 1. The summed E-state index contributed by atoms with van der Waals surface area (Å²) in [5.74, 6) is 4.97. The Bertz CT molecular complexity index is 838. The average Bonchev–Trinajstić information content (AvgIpc) is 3.15. The molecule has 3 aromatic rings. The van der Waals surface area contributed by atoms with Crippen LogP contribution < -0.4 is 5.11 Å². The van der Waals surface area contributed by atoms with Gasteiger partial charge in [-0.3, -0.25) is 0 Å². The van der Waals surface area contributed by atoms with Crippen LogP contribution in [0.25, 0.3) is 9.88 Å². The van der Waals surface area contributed by atoms with Crippen molar-refractivity contribution in [3.63, 3.8) is 0 Å². The summed E-state index contributed by atoms with van der Waals surface area (Å²) in [5.41, 5.74) is 0.947. The minimum Gasteiger partial charge on any atom is -0.544 e. The van der Waals surface area contributed by atoms with Crippen LogP contribution in [0.15, 0.2) is 48.7 Å². The van der Waals surface area contributed by atoms with Gasteiger partial charge in [0.2, 0.25) is 0 Å². The molecular formula is C16H8NO2S2-. The number of benzene rings is 1. The molecule has 2 heterocycles. The summed E-state index contributed by atoms with van der Waals surface area (Å²) in [6, 6.07) is 13.0. The number of carbonyl (C=O) groups excluding carboxylic acids is 1. The first-order valence-electron chi connectivity index (χ1n) is 6.07. The highest BCUT2D eigenvalue weighted by atomic mass is 32.1. The molecule has 21 heavy (non-hydrogen) atoms. The van der Waals surface area contributed by atoms with Crippen molar-refractivity contribution in [1.82, 2.24) is 4.98 Å². The lowest BCUT2D eigenvalue weighted by molar-refractivity contribution is -0.254. The van der Waals surface area contributed by atoms with E-state index in [4.69, 9.17) is 0 Å². The lowest BCUT2D eigenvalue weighted by Crippen LogP contribution is -2.20. The fourth-order valence-corrected chi connectivity index (χ4v) is 3.34. The molecule has 3 rings (SSSR count). The van der Waals surface area contributed by atoms with Crippen LogP contribution >= 0.6 is 22.7 Å². The van der Waals surface area contributed by atoms with Crippen molar-refractivity contribution in [1.29, 1.82) is 0 Å². The van der Waals surface area contributed by atoms with Crippen molar-refractivity contribution in [2.24, 2.45) is 0 Å². The molecule has 0 aliphatic carbocycles. The molecule has 0 saturated carbocycles. The normalized spacial score (nSPS) is 9.90. The fourth-order valence-electron chi connectivity index (χ4n) is 1.66. The predicted molar refractivity (Wildman–Crippen MR) is 82.2 cm³/mol. The number of hydrogen-bond donors (Lipinski definition) is 0. The lowest BCUT2D eigenvalue weighted by Gasteiger charge is -1.93. The molecule has 0 aliphatic rings. The maximum Gasteiger partial charge on any atom is 0.134 e. The van der Waals surface area contributed by atoms with E-state index >= 15 is 0 Å². The number of carbonyl (C=O) groups is 1. The Balaban J connectivity index is 1.83. The molecule has 0 atom stereocenters. The van der Waals surface area contributed by atoms with Crippen LogP contribution in [0.4, 0.5) is 0 Å². The van der Waals surface area contributed by atoms with Crippen molar-refractivity contribution < 1.29 is 9.90 Å². The number of rotatable bonds is 2. The van der Waals surface area contributed by atoms with Gasteiger partial charge in [0.1, 0.15) is 5.01 Å². The quantitative estimate of drug-likeness (QED) is 0.684. The Hall–Kier alpha value is -2.42. The van der Waals surface area contributed by atoms with Crippen molar-refractivity contribution in [2.75, 3.05) is 0 Å². The van der Waals surface area contributed by atoms with Gasteiger partial charge in [-0.05, 0) is 30.2 Å². The standard InChI is InChI=1S/C16H9NO2S2/c18-16(19)14-9-8-13(21-14)15-17-10-12(20-15)7-6-11-4-2-1-3-5-11/h1-5,8-10H,(H,18,19)/p-1. The van der Waals surface area contributed by atoms with Crippen molar-refractivity contribution in [2.45, 2.75) is 0 Å². The Labute approximate surface area is 129 Å². The lowest BCUT2D eigenvalue weighted by atomic mass is 10.2. The van der Waals surface area contributed by atoms with E-state index in [0.717, 1.165) is 31.7 Å². The molecule has 0 amide bonds. The molecule has 1 aromatic carbocycles. The zero-order valence-corrected chi connectivity index (χ0v) is 12.3. The molecule has 3 nitrogen and oxygen atoms in total. The smallest absolute Gasteiger partial charge is 0.134 e. The molecule has 2 aromatic heterocycles. The first-order valence-corrected chi connectivity index (χ1v) is 7.70. The first kappa shape index (κ1) is 13.6. The van der Waals surface area contributed by atoms with Gasteiger partial charge in [0.05, 0.1) is 26.8 Å². The van der Waals surface area contributed by atoms with E-state index in [9.17, 15) is 9.90 Å². The summed E-state index contributed by atoms with van der Waals surface area (Å²) < 4.78 is 0. The number of thiophene rings is 1. The maximum absolute atomic E-state index is 10.8. The monoisotopic (exact) mass is 310 g/mol. The molecule has 102 valence electrons. The molecular weight excluding hydrogens is 302 g/mol. The van der Waals surface area contributed by atoms with Crippen LogP contribution in [0, 0.1) is 11.8 Å². The SMILES string of the molecule is O=C([O-])c1ccc(-c2ncc(C#Cc3ccccc3)s2)s1. The zero-order valence-electron chi connectivity index (χ0n) is 10.7. The van der Waals surface area contributed by atoms with Gasteiger partial charge < -0.3 is 9.90 Å². The van der Waals surface area contributed by atoms with E-state index in [1.807, 2.05) is 30.3 Å². The van der Waals surface area contributed by atoms with E-state index < -0.39 is 5.97 Å². The van der Waals surface area contributed by atoms with Crippen LogP contribution in [-0.2, 0) is 0 Å². The van der Waals surface area contributed by atoms with E-state index in [-0.39, 0.29) is 4.88 Å². The third-order valence-corrected chi connectivity index (χ3v) is 4.77. The maximum atomic E-state index is 10.8. The summed E-state index contributed by atoms with van der Waals surface area (Å²) in [5, 5.41) is 11.5. The summed E-state index contributed by atoms with van der Waals surface area (Å²) in [4.78, 5) is 16.9. The van der Waals surface area contributed by atoms with Gasteiger partial charge in [-0.15, -0.1) is 22.7 Å². The number of aromatic nitrogens is 1. The number of thiazole rings is 1. The highest BCUT2D eigenvalue weighted by Crippen LogP contribution is 2.30. The molecule has 0 spiro atoms. The molecule has 0 N–H and O–H groups in total. The van der Waals surface area contributed by atoms with Gasteiger partial charge in [0.15, 0.2) is 0 Å². The summed E-state index contributed by atoms with van der Waals surface area (Å²) in [6.45, 7) is 0. The molecule has 0 unspecified atom stereocenters. The largest absolute Gasteiger partial charge is 0.544 e. The Morgan fingerprint density at radius 2 is 1.86 bits per heavy atom. The summed E-state index contributed by atoms with van der Waals surface area (Å²) >= 11 is 2.60. The van der Waals surface area contributed by atoms with E-state index in [1.54, 1.807) is 12.3 Å². The number of carboxylic acid groups (broad SMARTS) is 1. The van der Waals surface area contributed by atoms with Gasteiger partial charge >= 0.3 is 0 Å². The van der Waals surface area contributed by atoms with Crippen LogP contribution in [0.1, 0.15) is 20.1 Å². The summed E-state index contributed by atoms with van der Waals surface area (Å²) in [7, 11) is 0. The third-order valence-electron chi connectivity index (χ3n) is 2.63. The van der Waals surface area contributed by atoms with Crippen molar-refractivity contribution in [3.8, 4) is 21.7 Å². The molecule has 0 bridgehead atoms. The van der Waals surface area contributed by atoms with E-state index in [2.05, 4.69) is 16.8 Å². The Kier molecular flexibility index (Phi) is 3.82.